The zero-order valence-electron chi connectivity index (χ0n) is 24.5. The molecule has 0 saturated carbocycles. The maximum atomic E-state index is 13.5. The third-order valence-corrected chi connectivity index (χ3v) is 10.2. The van der Waals surface area contributed by atoms with Crippen molar-refractivity contribution in [2.45, 2.75) is 55.8 Å². The molecule has 7 heterocycles. The number of nitrogen functional groups attached to an aromatic ring is 2. The number of aliphatic hydroxyl groups is 2. The molecule has 4 aromatic rings. The highest BCUT2D eigenvalue weighted by atomic mass is 31.2. The maximum Gasteiger partial charge on any atom is 0.472 e. The van der Waals surface area contributed by atoms with Gasteiger partial charge >= 0.3 is 15.6 Å². The topological polar surface area (TPSA) is 330 Å². The van der Waals surface area contributed by atoms with Gasteiger partial charge in [-0.15, -0.1) is 0 Å². The number of hydrogen-bond acceptors (Lipinski definition) is 18. The minimum Gasteiger partial charge on any atom is -0.396 e. The minimum absolute atomic E-state index is 0.0437. The number of phosphoric ester groups is 2. The Morgan fingerprint density at radius 3 is 2.27 bits per heavy atom. The van der Waals surface area contributed by atoms with Crippen LogP contribution in [0.25, 0.3) is 22.3 Å². The number of hydrogen-bond donors (Lipinski definition) is 7. The molecule has 3 fully saturated rings. The molecule has 4 aromatic heterocycles. The second-order valence-electron chi connectivity index (χ2n) is 11.2. The van der Waals surface area contributed by atoms with Crippen LogP contribution in [0.5, 0.6) is 0 Å². The van der Waals surface area contributed by atoms with Crippen LogP contribution in [0, 0.1) is 5.92 Å². The molecule has 23 nitrogen and oxygen atoms in total. The summed E-state index contributed by atoms with van der Waals surface area (Å²) in [6.07, 6.45) is -6.05. The van der Waals surface area contributed by atoms with Crippen molar-refractivity contribution in [3.63, 3.8) is 0 Å². The standard InChI is InChI=1S/C23H30N10O13P2/c24-17-12-18(27-6-26-17)32(7-28-12)21-14(35)16-11(44-21)5-42-47(37,38)45-15-9(2-1-3-34)10(4-41-48(39,40)46-16)43-22(15)33-8-29-13-19(33)30-23(25)31-20(13)36/h6-11,14-16,21-22,34-35H,1-5H2,(H,37,38)(H,39,40)(H2,24,26,27)(H3,25,30,31,36)/t9?,10-,11-,14?,15?,16?,21-,22-/m1/s1. The number of aromatic nitrogens is 8. The number of anilines is 2. The molecule has 48 heavy (non-hydrogen) atoms. The van der Waals surface area contributed by atoms with E-state index in [1.54, 1.807) is 0 Å². The number of phosphoric acid groups is 2. The summed E-state index contributed by atoms with van der Waals surface area (Å²) in [6.45, 7) is -1.69. The largest absolute Gasteiger partial charge is 0.472 e. The molecule has 3 aliphatic heterocycles. The van der Waals surface area contributed by atoms with Crippen LogP contribution in [0.2, 0.25) is 0 Å². The molecule has 7 rings (SSSR count). The van der Waals surface area contributed by atoms with Crippen molar-refractivity contribution < 1.29 is 56.7 Å². The highest BCUT2D eigenvalue weighted by Gasteiger charge is 2.54. The molecular formula is C23H30N10O13P2. The van der Waals surface area contributed by atoms with E-state index in [-0.39, 0.29) is 53.5 Å². The fourth-order valence-corrected chi connectivity index (χ4v) is 8.01. The summed E-state index contributed by atoms with van der Waals surface area (Å²) in [6, 6.07) is 0. The highest BCUT2D eigenvalue weighted by Crippen LogP contribution is 2.55. The van der Waals surface area contributed by atoms with E-state index in [1.165, 1.54) is 21.8 Å². The van der Waals surface area contributed by atoms with Crippen molar-refractivity contribution in [1.29, 1.82) is 0 Å². The van der Waals surface area contributed by atoms with Crippen LogP contribution in [-0.2, 0) is 36.7 Å². The summed E-state index contributed by atoms with van der Waals surface area (Å²) < 4.78 is 63.1. The molecule has 2 bridgehead atoms. The van der Waals surface area contributed by atoms with Crippen LogP contribution < -0.4 is 17.0 Å². The van der Waals surface area contributed by atoms with E-state index < -0.39 is 83.3 Å². The smallest absolute Gasteiger partial charge is 0.396 e. The van der Waals surface area contributed by atoms with Gasteiger partial charge in [-0.3, -0.25) is 37.0 Å². The Hall–Kier alpha value is -3.44. The van der Waals surface area contributed by atoms with E-state index >= 15 is 0 Å². The number of rotatable bonds is 5. The molecule has 9 N–H and O–H groups in total. The van der Waals surface area contributed by atoms with Gasteiger partial charge in [0.2, 0.25) is 5.95 Å². The second-order valence-corrected chi connectivity index (χ2v) is 14.0. The number of aliphatic hydroxyl groups excluding tert-OH is 2. The summed E-state index contributed by atoms with van der Waals surface area (Å²) in [5, 5.41) is 20.8. The molecule has 25 heteroatoms. The molecule has 0 amide bonds. The van der Waals surface area contributed by atoms with E-state index in [0.29, 0.717) is 0 Å². The predicted molar refractivity (Wildman–Crippen MR) is 157 cm³/mol. The molecule has 0 spiro atoms. The van der Waals surface area contributed by atoms with Gasteiger partial charge < -0.3 is 40.9 Å². The normalized spacial score (nSPS) is 36.1. The molecule has 3 saturated heterocycles. The first-order valence-corrected chi connectivity index (χ1v) is 17.4. The van der Waals surface area contributed by atoms with Gasteiger partial charge in [-0.1, -0.05) is 0 Å². The average Bonchev–Trinajstić information content (AvgIpc) is 3.79. The Kier molecular flexibility index (Phi) is 8.59. The van der Waals surface area contributed by atoms with Gasteiger partial charge in [-0.25, -0.2) is 29.1 Å². The van der Waals surface area contributed by atoms with Crippen molar-refractivity contribution in [2.75, 3.05) is 31.3 Å². The minimum atomic E-state index is -5.05. The van der Waals surface area contributed by atoms with E-state index in [2.05, 4.69) is 29.9 Å². The number of ether oxygens (including phenoxy) is 2. The monoisotopic (exact) mass is 716 g/mol. The summed E-state index contributed by atoms with van der Waals surface area (Å²) >= 11 is 0. The van der Waals surface area contributed by atoms with Gasteiger partial charge in [0.1, 0.15) is 36.3 Å². The first-order valence-electron chi connectivity index (χ1n) is 14.4. The second kappa shape index (κ2) is 12.5. The molecule has 260 valence electrons. The van der Waals surface area contributed by atoms with E-state index in [4.69, 9.17) is 39.0 Å². The molecular weight excluding hydrogens is 686 g/mol. The lowest BCUT2D eigenvalue weighted by Gasteiger charge is -2.27. The summed E-state index contributed by atoms with van der Waals surface area (Å²) in [5.41, 5.74) is 11.1. The Bertz CT molecular complexity index is 1990. The van der Waals surface area contributed by atoms with Crippen molar-refractivity contribution in [1.82, 2.24) is 39.0 Å². The quantitative estimate of drug-likeness (QED) is 0.118. The van der Waals surface area contributed by atoms with Crippen LogP contribution in [0.15, 0.2) is 23.8 Å². The number of fused-ring (bicyclic) bond motifs is 5. The molecule has 0 radical (unpaired) electrons. The van der Waals surface area contributed by atoms with Gasteiger partial charge in [0.05, 0.1) is 32.0 Å². The lowest BCUT2D eigenvalue weighted by atomic mass is 9.93. The summed E-state index contributed by atoms with van der Waals surface area (Å²) in [7, 11) is -10.1. The third-order valence-electron chi connectivity index (χ3n) is 8.20. The van der Waals surface area contributed by atoms with Crippen molar-refractivity contribution >= 4 is 49.7 Å². The lowest BCUT2D eigenvalue weighted by molar-refractivity contribution is -0.0671. The Morgan fingerprint density at radius 2 is 1.54 bits per heavy atom. The van der Waals surface area contributed by atoms with E-state index in [1.807, 2.05) is 0 Å². The SMILES string of the molecule is Nc1nc2c(ncn2[C@@H]2O[C@@H]3COP(=O)(O)OC4C(O)[C@H](n5cnc6c(N)ncnc65)O[C@@H]4COP(=O)(O)OC2C3CCCO)c(=O)[nH]1. The average molecular weight is 716 g/mol. The predicted octanol–water partition coefficient (Wildman–Crippen LogP) is -1.31. The Balaban J connectivity index is 1.23. The lowest BCUT2D eigenvalue weighted by Crippen LogP contribution is -2.36. The zero-order chi connectivity index (χ0) is 34.0. The van der Waals surface area contributed by atoms with Crippen molar-refractivity contribution in [3.8, 4) is 0 Å². The number of imidazole rings is 2. The van der Waals surface area contributed by atoms with Crippen LogP contribution in [0.3, 0.4) is 0 Å². The highest BCUT2D eigenvalue weighted by molar-refractivity contribution is 7.47. The third kappa shape index (κ3) is 6.01. The van der Waals surface area contributed by atoms with Gasteiger partial charge in [-0.05, 0) is 12.8 Å². The summed E-state index contributed by atoms with van der Waals surface area (Å²) in [4.78, 5) is 56.8. The van der Waals surface area contributed by atoms with Crippen molar-refractivity contribution in [3.05, 3.63) is 29.3 Å². The molecule has 10 atom stereocenters. The number of nitrogens with one attached hydrogen (secondary N) is 1. The van der Waals surface area contributed by atoms with Crippen LogP contribution in [-0.4, -0.2) is 109 Å². The fraction of sp³-hybridized carbons (Fsp3) is 0.565. The Morgan fingerprint density at radius 1 is 0.896 bits per heavy atom. The summed E-state index contributed by atoms with van der Waals surface area (Å²) in [5.74, 6) is -1.06. The first kappa shape index (κ1) is 33.1. The number of aromatic amines is 1. The molecule has 3 aliphatic rings. The van der Waals surface area contributed by atoms with Crippen LogP contribution in [0.1, 0.15) is 25.3 Å². The van der Waals surface area contributed by atoms with Crippen LogP contribution in [0.4, 0.5) is 11.8 Å². The molecule has 0 aromatic carbocycles. The number of nitrogens with two attached hydrogens (primary N) is 2. The molecule has 0 aliphatic carbocycles. The van der Waals surface area contributed by atoms with Gasteiger partial charge in [-0.2, -0.15) is 4.98 Å². The first-order chi connectivity index (χ1) is 22.9. The Labute approximate surface area is 268 Å². The maximum absolute atomic E-state index is 13.5. The molecule has 6 unspecified atom stereocenters. The van der Waals surface area contributed by atoms with Crippen molar-refractivity contribution in [2.24, 2.45) is 5.92 Å². The van der Waals surface area contributed by atoms with Crippen LogP contribution >= 0.6 is 15.6 Å². The van der Waals surface area contributed by atoms with Gasteiger partial charge in [0, 0.05) is 12.5 Å². The zero-order valence-corrected chi connectivity index (χ0v) is 26.3. The van der Waals surface area contributed by atoms with Gasteiger partial charge in [0.15, 0.2) is 35.1 Å². The number of H-pyrrole nitrogens is 1. The number of nitrogens with zero attached hydrogens (tertiary/aromatic N) is 7. The fourth-order valence-electron chi connectivity index (χ4n) is 6.08. The van der Waals surface area contributed by atoms with Gasteiger partial charge in [0.25, 0.3) is 5.56 Å². The van der Waals surface area contributed by atoms with E-state index in [9.17, 15) is 33.9 Å². The van der Waals surface area contributed by atoms with E-state index in [0.717, 1.165) is 6.33 Å².